The fourth-order valence-corrected chi connectivity index (χ4v) is 2.52. The van der Waals surface area contributed by atoms with Gasteiger partial charge in [0.25, 0.3) is 0 Å². The number of hydrogen-bond donors (Lipinski definition) is 2. The summed E-state index contributed by atoms with van der Waals surface area (Å²) in [7, 11) is 0. The summed E-state index contributed by atoms with van der Waals surface area (Å²) >= 11 is 1.59. The molecule has 0 aliphatic rings. The van der Waals surface area contributed by atoms with E-state index in [0.29, 0.717) is 0 Å². The maximum absolute atomic E-state index is 6.18. The van der Waals surface area contributed by atoms with E-state index in [1.807, 2.05) is 0 Å². The van der Waals surface area contributed by atoms with Gasteiger partial charge in [0.2, 0.25) is 0 Å². The Kier molecular flexibility index (Phi) is 3.81. The van der Waals surface area contributed by atoms with Crippen LogP contribution in [0.25, 0.3) is 0 Å². The summed E-state index contributed by atoms with van der Waals surface area (Å²) in [4.78, 5) is 4.06. The standard InChI is InChI=1S/C12H16N4S/c1-8-3-4-10(9(2)5-8)11(13)6-17-12-14-7-15-16-12/h3-5,7,11H,6,13H2,1-2H3,(H,14,15,16). The van der Waals surface area contributed by atoms with Crippen molar-refractivity contribution in [1.29, 1.82) is 0 Å². The number of aromatic amines is 1. The number of nitrogens with zero attached hydrogens (tertiary/aromatic N) is 2. The lowest BCUT2D eigenvalue weighted by Crippen LogP contribution is -2.14. The molecule has 0 amide bonds. The van der Waals surface area contributed by atoms with Crippen LogP contribution < -0.4 is 5.73 Å². The largest absolute Gasteiger partial charge is 0.323 e. The van der Waals surface area contributed by atoms with E-state index >= 15 is 0 Å². The van der Waals surface area contributed by atoms with Gasteiger partial charge in [0.05, 0.1) is 0 Å². The Hall–Kier alpha value is -1.33. The molecule has 1 heterocycles. The second-order valence-electron chi connectivity index (χ2n) is 4.07. The summed E-state index contributed by atoms with van der Waals surface area (Å²) in [6.45, 7) is 4.19. The molecule has 17 heavy (non-hydrogen) atoms. The van der Waals surface area contributed by atoms with Crippen LogP contribution in [0.2, 0.25) is 0 Å². The van der Waals surface area contributed by atoms with Gasteiger partial charge in [-0.1, -0.05) is 35.5 Å². The van der Waals surface area contributed by atoms with Gasteiger partial charge in [0, 0.05) is 11.8 Å². The summed E-state index contributed by atoms with van der Waals surface area (Å²) in [6, 6.07) is 6.39. The Morgan fingerprint density at radius 3 is 2.88 bits per heavy atom. The van der Waals surface area contributed by atoms with Crippen LogP contribution in [0, 0.1) is 13.8 Å². The first-order chi connectivity index (χ1) is 8.16. The molecular formula is C12H16N4S. The highest BCUT2D eigenvalue weighted by Gasteiger charge is 2.10. The maximum Gasteiger partial charge on any atom is 0.183 e. The van der Waals surface area contributed by atoms with Gasteiger partial charge < -0.3 is 5.73 Å². The summed E-state index contributed by atoms with van der Waals surface area (Å²) in [6.07, 6.45) is 1.50. The fourth-order valence-electron chi connectivity index (χ4n) is 1.76. The van der Waals surface area contributed by atoms with Crippen LogP contribution in [0.15, 0.2) is 29.7 Å². The van der Waals surface area contributed by atoms with E-state index in [4.69, 9.17) is 5.73 Å². The first-order valence-electron chi connectivity index (χ1n) is 5.47. The summed E-state index contributed by atoms with van der Waals surface area (Å²) < 4.78 is 0. The quantitative estimate of drug-likeness (QED) is 0.814. The molecular weight excluding hydrogens is 232 g/mol. The van der Waals surface area contributed by atoms with E-state index in [0.717, 1.165) is 10.9 Å². The van der Waals surface area contributed by atoms with Crippen molar-refractivity contribution in [2.24, 2.45) is 5.73 Å². The van der Waals surface area contributed by atoms with E-state index in [2.05, 4.69) is 47.2 Å². The van der Waals surface area contributed by atoms with Crippen molar-refractivity contribution in [1.82, 2.24) is 15.2 Å². The zero-order valence-electron chi connectivity index (χ0n) is 9.97. The number of thioether (sulfide) groups is 1. The molecule has 4 nitrogen and oxygen atoms in total. The van der Waals surface area contributed by atoms with Gasteiger partial charge in [-0.15, -0.1) is 0 Å². The first-order valence-corrected chi connectivity index (χ1v) is 6.46. The molecule has 0 spiro atoms. The average molecular weight is 248 g/mol. The lowest BCUT2D eigenvalue weighted by atomic mass is 10.0. The Balaban J connectivity index is 2.01. The molecule has 0 saturated heterocycles. The molecule has 1 aromatic carbocycles. The number of aryl methyl sites for hydroxylation is 2. The molecule has 0 aliphatic heterocycles. The van der Waals surface area contributed by atoms with E-state index in [9.17, 15) is 0 Å². The van der Waals surface area contributed by atoms with Crippen molar-refractivity contribution in [3.63, 3.8) is 0 Å². The smallest absolute Gasteiger partial charge is 0.183 e. The van der Waals surface area contributed by atoms with Crippen molar-refractivity contribution in [2.45, 2.75) is 25.0 Å². The molecule has 0 fully saturated rings. The number of nitrogens with one attached hydrogen (secondary N) is 1. The molecule has 90 valence electrons. The average Bonchev–Trinajstić information content (AvgIpc) is 2.78. The molecule has 5 heteroatoms. The normalized spacial score (nSPS) is 12.6. The molecule has 3 N–H and O–H groups in total. The number of aromatic nitrogens is 3. The minimum absolute atomic E-state index is 0.0192. The third kappa shape index (κ3) is 3.08. The highest BCUT2D eigenvalue weighted by molar-refractivity contribution is 7.99. The van der Waals surface area contributed by atoms with E-state index in [1.165, 1.54) is 23.0 Å². The number of benzene rings is 1. The van der Waals surface area contributed by atoms with E-state index < -0.39 is 0 Å². The maximum atomic E-state index is 6.18. The van der Waals surface area contributed by atoms with Crippen LogP contribution in [0.1, 0.15) is 22.7 Å². The van der Waals surface area contributed by atoms with Crippen LogP contribution in [0.4, 0.5) is 0 Å². The topological polar surface area (TPSA) is 67.6 Å². The molecule has 0 saturated carbocycles. The Morgan fingerprint density at radius 2 is 2.24 bits per heavy atom. The molecule has 1 unspecified atom stereocenters. The number of H-pyrrole nitrogens is 1. The van der Waals surface area contributed by atoms with Gasteiger partial charge in [0.15, 0.2) is 5.16 Å². The van der Waals surface area contributed by atoms with E-state index in [1.54, 1.807) is 11.8 Å². The van der Waals surface area contributed by atoms with Crippen LogP contribution in [0.3, 0.4) is 0 Å². The summed E-state index contributed by atoms with van der Waals surface area (Å²) in [5, 5.41) is 7.43. The monoisotopic (exact) mass is 248 g/mol. The number of rotatable bonds is 4. The van der Waals surface area contributed by atoms with Crippen molar-refractivity contribution in [3.8, 4) is 0 Å². The van der Waals surface area contributed by atoms with Crippen molar-refractivity contribution >= 4 is 11.8 Å². The van der Waals surface area contributed by atoms with Gasteiger partial charge in [-0.25, -0.2) is 4.98 Å². The fraction of sp³-hybridized carbons (Fsp3) is 0.333. The van der Waals surface area contributed by atoms with Gasteiger partial charge in [-0.2, -0.15) is 5.10 Å². The molecule has 1 atom stereocenters. The number of nitrogens with two attached hydrogens (primary N) is 1. The second-order valence-corrected chi connectivity index (χ2v) is 5.08. The van der Waals surface area contributed by atoms with Crippen LogP contribution in [-0.4, -0.2) is 20.9 Å². The second kappa shape index (κ2) is 5.33. The van der Waals surface area contributed by atoms with Gasteiger partial charge in [0.1, 0.15) is 6.33 Å². The lowest BCUT2D eigenvalue weighted by Gasteiger charge is -2.14. The first kappa shape index (κ1) is 12.1. The molecule has 0 radical (unpaired) electrons. The molecule has 0 bridgehead atoms. The Morgan fingerprint density at radius 1 is 1.41 bits per heavy atom. The molecule has 2 rings (SSSR count). The van der Waals surface area contributed by atoms with Crippen LogP contribution in [0.5, 0.6) is 0 Å². The predicted octanol–water partition coefficient (Wildman–Crippen LogP) is 2.21. The minimum atomic E-state index is 0.0192. The number of hydrogen-bond acceptors (Lipinski definition) is 4. The van der Waals surface area contributed by atoms with Crippen molar-refractivity contribution in [2.75, 3.05) is 5.75 Å². The zero-order chi connectivity index (χ0) is 12.3. The minimum Gasteiger partial charge on any atom is -0.323 e. The Bertz CT molecular complexity index is 481. The van der Waals surface area contributed by atoms with E-state index in [-0.39, 0.29) is 6.04 Å². The summed E-state index contributed by atoms with van der Waals surface area (Å²) in [5.74, 6) is 0.791. The van der Waals surface area contributed by atoms with Crippen LogP contribution >= 0.6 is 11.8 Å². The zero-order valence-corrected chi connectivity index (χ0v) is 10.8. The van der Waals surface area contributed by atoms with Crippen LogP contribution in [-0.2, 0) is 0 Å². The van der Waals surface area contributed by atoms with Crippen molar-refractivity contribution in [3.05, 3.63) is 41.2 Å². The molecule has 0 aliphatic carbocycles. The SMILES string of the molecule is Cc1ccc(C(N)CSc2ncn[nH]2)c(C)c1. The Labute approximate surface area is 105 Å². The third-order valence-corrected chi connectivity index (χ3v) is 3.61. The highest BCUT2D eigenvalue weighted by atomic mass is 32.2. The van der Waals surface area contributed by atoms with Gasteiger partial charge in [-0.3, -0.25) is 5.10 Å². The summed E-state index contributed by atoms with van der Waals surface area (Å²) in [5.41, 5.74) is 9.89. The van der Waals surface area contributed by atoms with Crippen molar-refractivity contribution < 1.29 is 0 Å². The van der Waals surface area contributed by atoms with Gasteiger partial charge in [-0.05, 0) is 25.0 Å². The predicted molar refractivity (Wildman–Crippen MR) is 70.0 cm³/mol. The molecule has 2 aromatic rings. The molecule has 1 aromatic heterocycles. The third-order valence-electron chi connectivity index (χ3n) is 2.62. The van der Waals surface area contributed by atoms with Gasteiger partial charge >= 0.3 is 0 Å². The highest BCUT2D eigenvalue weighted by Crippen LogP contribution is 2.23. The lowest BCUT2D eigenvalue weighted by molar-refractivity contribution is 0.818.